The molecule has 38 heavy (non-hydrogen) atoms. The summed E-state index contributed by atoms with van der Waals surface area (Å²) in [6.45, 7) is 3.49. The zero-order valence-electron chi connectivity index (χ0n) is 21.9. The average molecular weight is 548 g/mol. The normalized spacial score (nSPS) is 20.7. The van der Waals surface area contributed by atoms with Crippen LogP contribution in [0.25, 0.3) is 10.9 Å². The largest absolute Gasteiger partial charge is 0.464 e. The quantitative estimate of drug-likeness (QED) is 0.440. The monoisotopic (exact) mass is 547 g/mol. The molecule has 3 aromatic rings. The molecule has 206 valence electrons. The predicted molar refractivity (Wildman–Crippen MR) is 142 cm³/mol. The summed E-state index contributed by atoms with van der Waals surface area (Å²) in [5.41, 5.74) is 3.00. The molecule has 0 radical (unpaired) electrons. The molecule has 8 nitrogen and oxygen atoms in total. The van der Waals surface area contributed by atoms with E-state index in [1.807, 2.05) is 36.1 Å². The summed E-state index contributed by atoms with van der Waals surface area (Å²) in [7, 11) is 1.91. The number of hydrogen-bond acceptors (Lipinski definition) is 7. The first-order valence-corrected chi connectivity index (χ1v) is 14.1. The van der Waals surface area contributed by atoms with Crippen LogP contribution < -0.4 is 10.1 Å². The van der Waals surface area contributed by atoms with Crippen molar-refractivity contribution in [1.82, 2.24) is 25.0 Å². The number of thiazole rings is 1. The molecule has 2 aliphatic rings. The van der Waals surface area contributed by atoms with Gasteiger partial charge in [0.05, 0.1) is 42.6 Å². The molecule has 1 fully saturated rings. The zero-order chi connectivity index (χ0) is 26.7. The van der Waals surface area contributed by atoms with Gasteiger partial charge < -0.3 is 19.7 Å². The molecule has 1 amide bonds. The standard InChI is InChI=1S/C27H35F2N5O3S/c1-27(28,29)17-37-26-32-22-8-11-34(12-9-24(22)38-26)10-7-21-5-4-20(16-36-21)31-25(35)14-18-3-6-23-19(13-18)15-30-33(23)2/h3,6,13,15,20-21H,4-5,7-12,14,16-17H2,1-2H3,(H,31,35). The third kappa shape index (κ3) is 7.06. The molecular formula is C27H35F2N5O3S. The van der Waals surface area contributed by atoms with E-state index in [4.69, 9.17) is 9.47 Å². The molecule has 11 heteroatoms. The number of alkyl halides is 2. The van der Waals surface area contributed by atoms with Crippen molar-refractivity contribution in [2.45, 2.75) is 63.5 Å². The average Bonchev–Trinajstić information content (AvgIpc) is 3.39. The molecule has 5 rings (SSSR count). The van der Waals surface area contributed by atoms with Gasteiger partial charge in [-0.3, -0.25) is 9.48 Å². The van der Waals surface area contributed by atoms with Crippen molar-refractivity contribution >= 4 is 28.1 Å². The van der Waals surface area contributed by atoms with Crippen LogP contribution in [0.1, 0.15) is 42.3 Å². The molecule has 4 heterocycles. The lowest BCUT2D eigenvalue weighted by molar-refractivity contribution is -0.122. The van der Waals surface area contributed by atoms with E-state index in [1.54, 1.807) is 0 Å². The Balaban J connectivity index is 1.00. The second-order valence-corrected chi connectivity index (χ2v) is 11.5. The van der Waals surface area contributed by atoms with Gasteiger partial charge in [0.1, 0.15) is 0 Å². The lowest BCUT2D eigenvalue weighted by atomic mass is 10.0. The smallest absolute Gasteiger partial charge is 0.278 e. The number of rotatable bonds is 9. The number of halogens is 2. The number of nitrogens with zero attached hydrogens (tertiary/aromatic N) is 4. The number of hydrogen-bond donors (Lipinski definition) is 1. The Morgan fingerprint density at radius 2 is 2.13 bits per heavy atom. The first kappa shape index (κ1) is 27.0. The number of nitrogens with one attached hydrogen (secondary N) is 1. The van der Waals surface area contributed by atoms with Gasteiger partial charge in [0, 0.05) is 50.3 Å². The number of ether oxygens (including phenoxy) is 2. The van der Waals surface area contributed by atoms with Crippen LogP contribution in [0.3, 0.4) is 0 Å². The van der Waals surface area contributed by atoms with E-state index < -0.39 is 12.5 Å². The Morgan fingerprint density at radius 1 is 1.29 bits per heavy atom. The number of fused-ring (bicyclic) bond motifs is 2. The predicted octanol–water partition coefficient (Wildman–Crippen LogP) is 3.76. The second kappa shape index (κ2) is 11.6. The van der Waals surface area contributed by atoms with E-state index in [0.29, 0.717) is 18.2 Å². The summed E-state index contributed by atoms with van der Waals surface area (Å²) in [6, 6.07) is 6.05. The highest BCUT2D eigenvalue weighted by Gasteiger charge is 2.26. The summed E-state index contributed by atoms with van der Waals surface area (Å²) in [6.07, 6.45) is 6.81. The van der Waals surface area contributed by atoms with Crippen LogP contribution in [0, 0.1) is 0 Å². The van der Waals surface area contributed by atoms with Gasteiger partial charge >= 0.3 is 0 Å². The van der Waals surface area contributed by atoms with Gasteiger partial charge in [-0.2, -0.15) is 5.10 Å². The maximum Gasteiger partial charge on any atom is 0.278 e. The minimum atomic E-state index is -2.86. The maximum absolute atomic E-state index is 13.1. The van der Waals surface area contributed by atoms with E-state index in [1.165, 1.54) is 11.3 Å². The molecule has 2 aromatic heterocycles. The first-order valence-electron chi connectivity index (χ1n) is 13.2. The fourth-order valence-corrected chi connectivity index (χ4v) is 6.06. The van der Waals surface area contributed by atoms with Crippen LogP contribution in [0.5, 0.6) is 5.19 Å². The summed E-state index contributed by atoms with van der Waals surface area (Å²) in [4.78, 5) is 20.6. The molecule has 0 saturated carbocycles. The second-order valence-electron chi connectivity index (χ2n) is 10.5. The summed E-state index contributed by atoms with van der Waals surface area (Å²) in [5.74, 6) is -2.84. The molecule has 1 aromatic carbocycles. The number of carbonyl (C=O) groups is 1. The third-order valence-corrected chi connectivity index (χ3v) is 8.28. The molecule has 0 spiro atoms. The zero-order valence-corrected chi connectivity index (χ0v) is 22.7. The minimum Gasteiger partial charge on any atom is -0.464 e. The highest BCUT2D eigenvalue weighted by atomic mass is 32.1. The van der Waals surface area contributed by atoms with Crippen LogP contribution in [0.15, 0.2) is 24.4 Å². The Labute approximate surface area is 225 Å². The van der Waals surface area contributed by atoms with Crippen molar-refractivity contribution in [1.29, 1.82) is 0 Å². The number of aryl methyl sites for hydroxylation is 1. The van der Waals surface area contributed by atoms with Gasteiger partial charge in [0.15, 0.2) is 6.61 Å². The van der Waals surface area contributed by atoms with Gasteiger partial charge in [-0.1, -0.05) is 17.4 Å². The minimum absolute atomic E-state index is 0.0166. The molecular weight excluding hydrogens is 512 g/mol. The lowest BCUT2D eigenvalue weighted by Gasteiger charge is -2.31. The van der Waals surface area contributed by atoms with Crippen LogP contribution in [-0.4, -0.2) is 76.5 Å². The summed E-state index contributed by atoms with van der Waals surface area (Å²) in [5, 5.41) is 8.77. The van der Waals surface area contributed by atoms with Gasteiger partial charge in [-0.25, -0.2) is 13.8 Å². The molecule has 1 saturated heterocycles. The van der Waals surface area contributed by atoms with Crippen LogP contribution in [-0.2, 0) is 35.8 Å². The maximum atomic E-state index is 13.1. The fourth-order valence-electron chi connectivity index (χ4n) is 5.12. The SMILES string of the molecule is Cn1ncc2cc(CC(=O)NC3CCC(CCN4CCc5nc(OCC(C)(F)F)sc5CC4)OC3)ccc21. The number of aromatic nitrogens is 3. The Bertz CT molecular complexity index is 1220. The van der Waals surface area contributed by atoms with E-state index in [0.717, 1.165) is 85.7 Å². The number of amides is 1. The summed E-state index contributed by atoms with van der Waals surface area (Å²) >= 11 is 1.39. The Hall–Kier alpha value is -2.63. The number of benzene rings is 1. The van der Waals surface area contributed by atoms with Crippen LogP contribution >= 0.6 is 11.3 Å². The third-order valence-electron chi connectivity index (χ3n) is 7.21. The van der Waals surface area contributed by atoms with Crippen molar-refractivity contribution < 1.29 is 23.0 Å². The van der Waals surface area contributed by atoms with E-state index >= 15 is 0 Å². The lowest BCUT2D eigenvalue weighted by Crippen LogP contribution is -2.44. The molecule has 2 aliphatic heterocycles. The topological polar surface area (TPSA) is 81.5 Å². The van der Waals surface area contributed by atoms with Crippen molar-refractivity contribution in [3.8, 4) is 5.19 Å². The molecule has 0 bridgehead atoms. The van der Waals surface area contributed by atoms with Crippen LogP contribution in [0.4, 0.5) is 8.78 Å². The molecule has 1 N–H and O–H groups in total. The highest BCUT2D eigenvalue weighted by molar-refractivity contribution is 7.13. The highest BCUT2D eigenvalue weighted by Crippen LogP contribution is 2.29. The van der Waals surface area contributed by atoms with Gasteiger partial charge in [-0.05, 0) is 43.4 Å². The fraction of sp³-hybridized carbons (Fsp3) is 0.593. The Morgan fingerprint density at radius 3 is 2.92 bits per heavy atom. The molecule has 2 atom stereocenters. The van der Waals surface area contributed by atoms with Gasteiger partial charge in [0.2, 0.25) is 5.91 Å². The van der Waals surface area contributed by atoms with E-state index in [9.17, 15) is 13.6 Å². The van der Waals surface area contributed by atoms with Crippen molar-refractivity contribution in [2.24, 2.45) is 7.05 Å². The molecule has 2 unspecified atom stereocenters. The summed E-state index contributed by atoms with van der Waals surface area (Å²) < 4.78 is 39.2. The van der Waals surface area contributed by atoms with Gasteiger partial charge in [0.25, 0.3) is 11.1 Å². The van der Waals surface area contributed by atoms with Crippen molar-refractivity contribution in [3.63, 3.8) is 0 Å². The number of carbonyl (C=O) groups excluding carboxylic acids is 1. The van der Waals surface area contributed by atoms with E-state index in [2.05, 4.69) is 20.3 Å². The van der Waals surface area contributed by atoms with E-state index in [-0.39, 0.29) is 18.1 Å². The molecule has 0 aliphatic carbocycles. The van der Waals surface area contributed by atoms with Gasteiger partial charge in [-0.15, -0.1) is 0 Å². The van der Waals surface area contributed by atoms with Crippen molar-refractivity contribution in [3.05, 3.63) is 40.5 Å². The Kier molecular flexibility index (Phi) is 8.25. The first-order chi connectivity index (χ1) is 18.2. The van der Waals surface area contributed by atoms with Crippen molar-refractivity contribution in [2.75, 3.05) is 32.8 Å². The van der Waals surface area contributed by atoms with Crippen LogP contribution in [0.2, 0.25) is 0 Å².